The molecular weight excluding hydrogens is 667 g/mol. The van der Waals surface area contributed by atoms with Gasteiger partial charge in [0.05, 0.1) is 0 Å². The van der Waals surface area contributed by atoms with E-state index >= 15 is 0 Å². The molecule has 3 heteroatoms. The van der Waals surface area contributed by atoms with Crippen molar-refractivity contribution in [2.75, 3.05) is 0 Å². The number of rotatable bonds is 4. The maximum atomic E-state index is 3.76. The standard InChI is InChI=1S/C37H22N2.Pt/c1-3-11-28(12-4-1)38-34-17-9-7-15-30(34)32-21-19-26(24-36(32)38)23-27-20-22-33-31-16-8-10-18-35(31)39(37(33)25-27)29-13-5-2-6-14-29;/h1-11,13,15-22H,23H2;/q-4;+4. The molecule has 0 saturated carbocycles. The van der Waals surface area contributed by atoms with Gasteiger partial charge in [-0.3, -0.25) is 0 Å². The van der Waals surface area contributed by atoms with E-state index in [1.807, 2.05) is 24.3 Å². The Morgan fingerprint density at radius 1 is 0.450 bits per heavy atom. The van der Waals surface area contributed by atoms with Crippen LogP contribution in [0.25, 0.3) is 55.0 Å². The van der Waals surface area contributed by atoms with Crippen LogP contribution in [0.4, 0.5) is 0 Å². The van der Waals surface area contributed by atoms with Crippen LogP contribution in [0.5, 0.6) is 0 Å². The maximum Gasteiger partial charge on any atom is 4.00 e. The summed E-state index contributed by atoms with van der Waals surface area (Å²) in [6, 6.07) is 56.6. The molecule has 2 aromatic heterocycles. The quantitative estimate of drug-likeness (QED) is 0.164. The van der Waals surface area contributed by atoms with Crippen LogP contribution in [0, 0.1) is 24.3 Å². The Morgan fingerprint density at radius 2 is 0.900 bits per heavy atom. The Morgan fingerprint density at radius 3 is 1.35 bits per heavy atom. The number of hydrogen-bond donors (Lipinski definition) is 0. The molecule has 0 aliphatic rings. The first-order valence-corrected chi connectivity index (χ1v) is 13.2. The van der Waals surface area contributed by atoms with Crippen LogP contribution in [0.1, 0.15) is 11.1 Å². The number of aromatic nitrogens is 2. The third-order valence-electron chi connectivity index (χ3n) is 7.54. The fourth-order valence-electron chi connectivity index (χ4n) is 5.83. The maximum absolute atomic E-state index is 3.76. The van der Waals surface area contributed by atoms with E-state index in [0.29, 0.717) is 0 Å². The Labute approximate surface area is 247 Å². The smallest absolute Gasteiger partial charge is 0.358 e. The van der Waals surface area contributed by atoms with Gasteiger partial charge in [-0.15, -0.1) is 22.9 Å². The van der Waals surface area contributed by atoms with Crippen molar-refractivity contribution in [3.8, 4) is 11.4 Å². The summed E-state index contributed by atoms with van der Waals surface area (Å²) < 4.78 is 4.54. The van der Waals surface area contributed by atoms with Gasteiger partial charge in [0.1, 0.15) is 0 Å². The van der Waals surface area contributed by atoms with Crippen molar-refractivity contribution >= 4 is 43.6 Å². The molecule has 0 aliphatic carbocycles. The summed E-state index contributed by atoms with van der Waals surface area (Å²) in [5, 5.41) is 4.85. The molecule has 8 rings (SSSR count). The summed E-state index contributed by atoms with van der Waals surface area (Å²) in [7, 11) is 0. The molecule has 2 heterocycles. The van der Waals surface area contributed by atoms with E-state index < -0.39 is 0 Å². The molecule has 0 radical (unpaired) electrons. The number of benzene rings is 6. The van der Waals surface area contributed by atoms with Crippen LogP contribution >= 0.6 is 0 Å². The minimum atomic E-state index is 0. The van der Waals surface area contributed by atoms with Crippen molar-refractivity contribution in [3.05, 3.63) is 157 Å². The summed E-state index contributed by atoms with van der Waals surface area (Å²) in [6.45, 7) is 0. The molecule has 0 saturated heterocycles. The van der Waals surface area contributed by atoms with E-state index in [9.17, 15) is 0 Å². The van der Waals surface area contributed by atoms with Crippen molar-refractivity contribution in [1.82, 2.24) is 9.13 Å². The molecule has 0 amide bonds. The first kappa shape index (κ1) is 24.6. The third kappa shape index (κ3) is 3.91. The zero-order valence-corrected chi connectivity index (χ0v) is 23.7. The fourth-order valence-corrected chi connectivity index (χ4v) is 5.83. The van der Waals surface area contributed by atoms with Crippen LogP contribution in [-0.2, 0) is 27.5 Å². The number of fused-ring (bicyclic) bond motifs is 6. The fraction of sp³-hybridized carbons (Fsp3) is 0.0270. The summed E-state index contributed by atoms with van der Waals surface area (Å²) in [4.78, 5) is 0. The van der Waals surface area contributed by atoms with Gasteiger partial charge >= 0.3 is 21.1 Å². The van der Waals surface area contributed by atoms with Gasteiger partial charge in [0.25, 0.3) is 0 Å². The predicted molar refractivity (Wildman–Crippen MR) is 160 cm³/mol. The average Bonchev–Trinajstić information content (AvgIpc) is 3.50. The first-order chi connectivity index (χ1) is 19.3. The largest absolute Gasteiger partial charge is 4.00 e. The molecule has 0 aliphatic heterocycles. The van der Waals surface area contributed by atoms with E-state index in [0.717, 1.165) is 40.0 Å². The van der Waals surface area contributed by atoms with Crippen LogP contribution in [-0.4, -0.2) is 9.13 Å². The van der Waals surface area contributed by atoms with Gasteiger partial charge in [0.15, 0.2) is 0 Å². The van der Waals surface area contributed by atoms with Gasteiger partial charge in [-0.05, 0) is 29.3 Å². The molecule has 2 nitrogen and oxygen atoms in total. The van der Waals surface area contributed by atoms with Crippen molar-refractivity contribution in [1.29, 1.82) is 0 Å². The van der Waals surface area contributed by atoms with E-state index in [1.165, 1.54) is 32.6 Å². The number of para-hydroxylation sites is 4. The molecule has 0 bridgehead atoms. The number of nitrogens with zero attached hydrogens (tertiary/aromatic N) is 2. The molecule has 0 atom stereocenters. The Hall–Kier alpha value is -4.39. The van der Waals surface area contributed by atoms with Crippen LogP contribution in [0.2, 0.25) is 0 Å². The number of hydrogen-bond acceptors (Lipinski definition) is 0. The van der Waals surface area contributed by atoms with E-state index in [-0.39, 0.29) is 21.1 Å². The minimum Gasteiger partial charge on any atom is -0.358 e. The van der Waals surface area contributed by atoms with Gasteiger partial charge in [0, 0.05) is 11.0 Å². The Balaban J connectivity index is 0.00000264. The monoisotopic (exact) mass is 689 g/mol. The molecule has 0 unspecified atom stereocenters. The van der Waals surface area contributed by atoms with Crippen molar-refractivity contribution < 1.29 is 21.1 Å². The predicted octanol–water partition coefficient (Wildman–Crippen LogP) is 8.67. The summed E-state index contributed by atoms with van der Waals surface area (Å²) in [6.07, 6.45) is 0.742. The minimum absolute atomic E-state index is 0. The second-order valence-electron chi connectivity index (χ2n) is 9.87. The van der Waals surface area contributed by atoms with Crippen LogP contribution in [0.15, 0.2) is 121 Å². The van der Waals surface area contributed by atoms with Crippen molar-refractivity contribution in [2.45, 2.75) is 6.42 Å². The summed E-state index contributed by atoms with van der Waals surface area (Å²) in [5.41, 5.74) is 8.79. The third-order valence-corrected chi connectivity index (χ3v) is 7.54. The second-order valence-corrected chi connectivity index (χ2v) is 9.87. The van der Waals surface area contributed by atoms with E-state index in [4.69, 9.17) is 0 Å². The molecule has 8 aromatic rings. The zero-order chi connectivity index (χ0) is 25.8. The molecular formula is C37H22N2Pt. The molecule has 0 N–H and O–H groups in total. The molecule has 40 heavy (non-hydrogen) atoms. The van der Waals surface area contributed by atoms with Crippen molar-refractivity contribution in [3.63, 3.8) is 0 Å². The van der Waals surface area contributed by atoms with E-state index in [1.54, 1.807) is 0 Å². The van der Waals surface area contributed by atoms with Gasteiger partial charge in [0.2, 0.25) is 0 Å². The van der Waals surface area contributed by atoms with E-state index in [2.05, 4.69) is 130 Å². The Kier molecular flexibility index (Phi) is 6.14. The first-order valence-electron chi connectivity index (χ1n) is 13.2. The van der Waals surface area contributed by atoms with Gasteiger partial charge < -0.3 is 9.13 Å². The summed E-state index contributed by atoms with van der Waals surface area (Å²) in [5.74, 6) is 0. The molecule has 0 spiro atoms. The van der Waals surface area contributed by atoms with Gasteiger partial charge in [-0.2, -0.15) is 96.1 Å². The van der Waals surface area contributed by atoms with Crippen molar-refractivity contribution in [2.24, 2.45) is 0 Å². The summed E-state index contributed by atoms with van der Waals surface area (Å²) >= 11 is 0. The Bertz CT molecular complexity index is 1980. The zero-order valence-electron chi connectivity index (χ0n) is 21.5. The van der Waals surface area contributed by atoms with Gasteiger partial charge in [-0.25, -0.2) is 0 Å². The average molecular weight is 690 g/mol. The van der Waals surface area contributed by atoms with Gasteiger partial charge in [-0.1, -0.05) is 58.8 Å². The topological polar surface area (TPSA) is 9.86 Å². The SMILES string of the molecule is [Pt+4].[c-]1ccccc1-n1c2[c-]c(Cc3[c-]c4c(cc3)c3ccccc3n4-c3[c-]cccc3)ccc2c2ccccc21. The second kappa shape index (κ2) is 9.97. The molecule has 190 valence electrons. The van der Waals surface area contributed by atoms with Crippen LogP contribution in [0.3, 0.4) is 0 Å². The molecule has 0 fully saturated rings. The molecule has 6 aromatic carbocycles. The van der Waals surface area contributed by atoms with Crippen LogP contribution < -0.4 is 0 Å². The normalized spacial score (nSPS) is 11.4.